The number of anilines is 1. The van der Waals surface area contributed by atoms with E-state index in [-0.39, 0.29) is 11.8 Å². The lowest BCUT2D eigenvalue weighted by Crippen LogP contribution is -2.25. The number of ether oxygens (including phenoxy) is 1. The molecule has 3 heterocycles. The number of rotatable bonds is 3. The summed E-state index contributed by atoms with van der Waals surface area (Å²) in [5.41, 5.74) is 2.80. The molecule has 1 amide bonds. The van der Waals surface area contributed by atoms with Crippen molar-refractivity contribution in [3.05, 3.63) is 58.4 Å². The second kappa shape index (κ2) is 6.42. The molecule has 3 aromatic rings. The average molecular weight is 370 g/mol. The molecule has 1 aliphatic rings. The van der Waals surface area contributed by atoms with Gasteiger partial charge < -0.3 is 10.1 Å². The van der Waals surface area contributed by atoms with Crippen LogP contribution in [0.25, 0.3) is 5.82 Å². The first-order valence-electron chi connectivity index (χ1n) is 8.09. The van der Waals surface area contributed by atoms with E-state index in [1.807, 2.05) is 31.2 Å². The fraction of sp³-hybridized carbons (Fsp3) is 0.222. The van der Waals surface area contributed by atoms with Gasteiger partial charge in [-0.2, -0.15) is 9.78 Å². The van der Waals surface area contributed by atoms with Crippen LogP contribution in [0.1, 0.15) is 29.2 Å². The highest BCUT2D eigenvalue weighted by molar-refractivity contribution is 6.29. The largest absolute Gasteiger partial charge is 0.497 e. The van der Waals surface area contributed by atoms with E-state index in [0.29, 0.717) is 23.2 Å². The minimum Gasteiger partial charge on any atom is -0.497 e. The lowest BCUT2D eigenvalue weighted by molar-refractivity contribution is -0.116. The summed E-state index contributed by atoms with van der Waals surface area (Å²) in [4.78, 5) is 12.4. The molecule has 0 saturated carbocycles. The van der Waals surface area contributed by atoms with E-state index in [2.05, 4.69) is 20.6 Å². The maximum Gasteiger partial charge on any atom is 0.226 e. The number of halogens is 1. The third-order valence-electron chi connectivity index (χ3n) is 4.43. The molecule has 0 spiro atoms. The molecular weight excluding hydrogens is 354 g/mol. The van der Waals surface area contributed by atoms with Crippen molar-refractivity contribution in [1.82, 2.24) is 20.0 Å². The number of hydrogen-bond acceptors (Lipinski definition) is 5. The number of methoxy groups -OCH3 is 1. The number of benzene rings is 1. The number of aryl methyl sites for hydroxylation is 1. The summed E-state index contributed by atoms with van der Waals surface area (Å²) in [6, 6.07) is 11.1. The van der Waals surface area contributed by atoms with Gasteiger partial charge in [0.1, 0.15) is 11.6 Å². The number of amides is 1. The molecule has 26 heavy (non-hydrogen) atoms. The maximum absolute atomic E-state index is 12.4. The van der Waals surface area contributed by atoms with Gasteiger partial charge in [-0.1, -0.05) is 23.7 Å². The van der Waals surface area contributed by atoms with Gasteiger partial charge in [0.05, 0.1) is 12.8 Å². The summed E-state index contributed by atoms with van der Waals surface area (Å²) in [5.74, 6) is 1.67. The van der Waals surface area contributed by atoms with Crippen LogP contribution in [0.15, 0.2) is 36.4 Å². The van der Waals surface area contributed by atoms with Crippen molar-refractivity contribution in [1.29, 1.82) is 0 Å². The molecule has 1 aromatic carbocycles. The van der Waals surface area contributed by atoms with Crippen molar-refractivity contribution in [3.63, 3.8) is 0 Å². The molecule has 0 radical (unpaired) electrons. The Kier molecular flexibility index (Phi) is 4.08. The van der Waals surface area contributed by atoms with E-state index >= 15 is 0 Å². The highest BCUT2D eigenvalue weighted by Crippen LogP contribution is 2.40. The number of hydrogen-bond donors (Lipinski definition) is 1. The number of fused-ring (bicyclic) bond motifs is 1. The van der Waals surface area contributed by atoms with Crippen LogP contribution in [0.3, 0.4) is 0 Å². The number of carbonyl (C=O) groups is 1. The maximum atomic E-state index is 12.4. The van der Waals surface area contributed by atoms with E-state index < -0.39 is 0 Å². The third kappa shape index (κ3) is 2.80. The van der Waals surface area contributed by atoms with E-state index in [0.717, 1.165) is 22.6 Å². The zero-order valence-corrected chi connectivity index (χ0v) is 15.0. The van der Waals surface area contributed by atoms with Crippen LogP contribution < -0.4 is 10.1 Å². The summed E-state index contributed by atoms with van der Waals surface area (Å²) >= 11 is 5.82. The minimum absolute atomic E-state index is 0.0756. The summed E-state index contributed by atoms with van der Waals surface area (Å²) in [7, 11) is 1.63. The van der Waals surface area contributed by atoms with Crippen LogP contribution in [-0.4, -0.2) is 33.0 Å². The number of carbonyl (C=O) groups excluding carboxylic acids is 1. The van der Waals surface area contributed by atoms with Crippen LogP contribution in [-0.2, 0) is 4.79 Å². The molecule has 0 bridgehead atoms. The normalized spacial score (nSPS) is 16.1. The summed E-state index contributed by atoms with van der Waals surface area (Å²) in [6.07, 6.45) is 0.346. The Bertz CT molecular complexity index is 984. The first kappa shape index (κ1) is 16.5. The molecule has 0 aliphatic carbocycles. The molecular formula is C18H16ClN5O2. The summed E-state index contributed by atoms with van der Waals surface area (Å²) in [5, 5.41) is 15.7. The Morgan fingerprint density at radius 3 is 2.85 bits per heavy atom. The van der Waals surface area contributed by atoms with Gasteiger partial charge in [-0.3, -0.25) is 4.79 Å². The Balaban J connectivity index is 1.85. The standard InChI is InChI=1S/C18H16ClN5O2/c1-10-17-13(11-4-3-5-12(8-11)26-2)9-16(25)20-18(17)24(23-10)15-7-6-14(19)21-22-15/h3-8,13H,9H2,1-2H3,(H,20,25)/t13-/m0/s1. The molecule has 0 unspecified atom stereocenters. The van der Waals surface area contributed by atoms with Gasteiger partial charge in [-0.05, 0) is 36.8 Å². The van der Waals surface area contributed by atoms with Gasteiger partial charge in [0.25, 0.3) is 0 Å². The van der Waals surface area contributed by atoms with Crippen molar-refractivity contribution in [2.45, 2.75) is 19.3 Å². The molecule has 0 saturated heterocycles. The second-order valence-electron chi connectivity index (χ2n) is 6.06. The number of nitrogens with zero attached hydrogens (tertiary/aromatic N) is 4. The molecule has 7 nitrogen and oxygen atoms in total. The zero-order valence-electron chi connectivity index (χ0n) is 14.2. The van der Waals surface area contributed by atoms with Gasteiger partial charge in [-0.25, -0.2) is 0 Å². The smallest absolute Gasteiger partial charge is 0.226 e. The molecule has 8 heteroatoms. The third-order valence-corrected chi connectivity index (χ3v) is 4.64. The van der Waals surface area contributed by atoms with E-state index in [4.69, 9.17) is 16.3 Å². The van der Waals surface area contributed by atoms with Crippen molar-refractivity contribution < 1.29 is 9.53 Å². The second-order valence-corrected chi connectivity index (χ2v) is 6.44. The van der Waals surface area contributed by atoms with E-state index in [1.165, 1.54) is 0 Å². The lowest BCUT2D eigenvalue weighted by atomic mass is 9.86. The van der Waals surface area contributed by atoms with E-state index in [1.54, 1.807) is 23.9 Å². The molecule has 1 N–H and O–H groups in total. The highest BCUT2D eigenvalue weighted by atomic mass is 35.5. The first-order chi connectivity index (χ1) is 12.6. The predicted octanol–water partition coefficient (Wildman–Crippen LogP) is 3.11. The molecule has 132 valence electrons. The van der Waals surface area contributed by atoms with Gasteiger partial charge in [0.2, 0.25) is 5.91 Å². The SMILES string of the molecule is COc1cccc([C@@H]2CC(=O)Nc3c2c(C)nn3-c2ccc(Cl)nn2)c1. The van der Waals surface area contributed by atoms with E-state index in [9.17, 15) is 4.79 Å². The predicted molar refractivity (Wildman–Crippen MR) is 97.0 cm³/mol. The topological polar surface area (TPSA) is 81.9 Å². The van der Waals surface area contributed by atoms with Crippen LogP contribution in [0.2, 0.25) is 5.15 Å². The van der Waals surface area contributed by atoms with Crippen molar-refractivity contribution in [2.75, 3.05) is 12.4 Å². The van der Waals surface area contributed by atoms with Crippen molar-refractivity contribution in [3.8, 4) is 11.6 Å². The number of nitrogens with one attached hydrogen (secondary N) is 1. The van der Waals surface area contributed by atoms with Crippen LogP contribution in [0.4, 0.5) is 5.82 Å². The minimum atomic E-state index is -0.108. The molecule has 1 aliphatic heterocycles. The van der Waals surface area contributed by atoms with Gasteiger partial charge in [-0.15, -0.1) is 10.2 Å². The van der Waals surface area contributed by atoms with Gasteiger partial charge in [0.15, 0.2) is 11.0 Å². The Morgan fingerprint density at radius 2 is 2.12 bits per heavy atom. The lowest BCUT2D eigenvalue weighted by Gasteiger charge is -2.24. The van der Waals surface area contributed by atoms with Gasteiger partial charge in [0, 0.05) is 17.9 Å². The molecule has 1 atom stereocenters. The number of aromatic nitrogens is 4. The Labute approximate surface area is 155 Å². The highest BCUT2D eigenvalue weighted by Gasteiger charge is 2.33. The zero-order chi connectivity index (χ0) is 18.3. The summed E-state index contributed by atoms with van der Waals surface area (Å²) < 4.78 is 6.92. The Hall–Kier alpha value is -2.93. The molecule has 0 fully saturated rings. The van der Waals surface area contributed by atoms with Crippen molar-refractivity contribution >= 4 is 23.3 Å². The van der Waals surface area contributed by atoms with Crippen LogP contribution in [0.5, 0.6) is 5.75 Å². The quantitative estimate of drug-likeness (QED) is 0.767. The first-order valence-corrected chi connectivity index (χ1v) is 8.47. The van der Waals surface area contributed by atoms with Crippen LogP contribution in [0, 0.1) is 6.92 Å². The Morgan fingerprint density at radius 1 is 1.27 bits per heavy atom. The summed E-state index contributed by atoms with van der Waals surface area (Å²) in [6.45, 7) is 1.92. The molecule has 2 aromatic heterocycles. The van der Waals surface area contributed by atoms with Crippen LogP contribution >= 0.6 is 11.6 Å². The van der Waals surface area contributed by atoms with Gasteiger partial charge >= 0.3 is 0 Å². The fourth-order valence-electron chi connectivity index (χ4n) is 3.28. The fourth-order valence-corrected chi connectivity index (χ4v) is 3.38. The average Bonchev–Trinajstić information content (AvgIpc) is 2.98. The monoisotopic (exact) mass is 369 g/mol. The van der Waals surface area contributed by atoms with Crippen molar-refractivity contribution in [2.24, 2.45) is 0 Å². The molecule has 4 rings (SSSR count).